The zero-order chi connectivity index (χ0) is 11.3. The zero-order valence-corrected chi connectivity index (χ0v) is 10.6. The maximum atomic E-state index is 12.4. The number of carbonyl (C=O) groups excluding carboxylic acids is 1. The molecule has 90 valence electrons. The van der Waals surface area contributed by atoms with Gasteiger partial charge in [-0.1, -0.05) is 6.92 Å². The summed E-state index contributed by atoms with van der Waals surface area (Å²) in [6, 6.07) is 0.907. The van der Waals surface area contributed by atoms with Crippen molar-refractivity contribution in [3.8, 4) is 0 Å². The van der Waals surface area contributed by atoms with Crippen LogP contribution in [0.5, 0.6) is 0 Å². The molecule has 2 bridgehead atoms. The van der Waals surface area contributed by atoms with Crippen molar-refractivity contribution < 1.29 is 4.79 Å². The molecule has 0 aromatic carbocycles. The van der Waals surface area contributed by atoms with E-state index in [1.54, 1.807) is 0 Å². The monoisotopic (exact) mass is 241 g/mol. The first-order valence-corrected chi connectivity index (χ1v) is 7.06. The number of piperidine rings is 1. The molecule has 1 amide bonds. The lowest BCUT2D eigenvalue weighted by Crippen LogP contribution is -2.49. The predicted molar refractivity (Wildman–Crippen MR) is 64.4 cm³/mol. The second-order valence-electron chi connectivity index (χ2n) is 5.83. The fourth-order valence-corrected chi connectivity index (χ4v) is 3.91. The second-order valence-corrected chi connectivity index (χ2v) is 6.44. The van der Waals surface area contributed by atoms with Crippen LogP contribution in [0.25, 0.3) is 0 Å². The molecule has 3 aliphatic rings. The van der Waals surface area contributed by atoms with Crippen molar-refractivity contribution in [2.75, 3.05) is 0 Å². The molecule has 2 heterocycles. The Bertz CT molecular complexity index is 288. The van der Waals surface area contributed by atoms with Crippen molar-refractivity contribution in [2.45, 2.75) is 62.9 Å². The smallest absolute Gasteiger partial charge is 0.226 e. The van der Waals surface area contributed by atoms with Crippen molar-refractivity contribution in [1.82, 2.24) is 4.90 Å². The summed E-state index contributed by atoms with van der Waals surface area (Å²) in [7, 11) is 0. The molecule has 0 aromatic heterocycles. The molecular weight excluding hydrogens is 222 g/mol. The van der Waals surface area contributed by atoms with E-state index in [1.165, 1.54) is 25.7 Å². The third-order valence-electron chi connectivity index (χ3n) is 4.65. The lowest BCUT2D eigenvalue weighted by molar-refractivity contribution is -0.140. The summed E-state index contributed by atoms with van der Waals surface area (Å²) in [5, 5.41) is 0.304. The van der Waals surface area contributed by atoms with Gasteiger partial charge in [-0.25, -0.2) is 0 Å². The highest BCUT2D eigenvalue weighted by atomic mass is 35.5. The SMILES string of the molecule is CC(C(=O)N1C2CCC1CC(Cl)C2)C1CC1. The van der Waals surface area contributed by atoms with E-state index in [2.05, 4.69) is 11.8 Å². The van der Waals surface area contributed by atoms with Crippen molar-refractivity contribution in [3.63, 3.8) is 0 Å². The first-order valence-electron chi connectivity index (χ1n) is 6.63. The molecule has 0 spiro atoms. The van der Waals surface area contributed by atoms with Gasteiger partial charge in [0.05, 0.1) is 0 Å². The van der Waals surface area contributed by atoms with Gasteiger partial charge in [0.2, 0.25) is 5.91 Å². The van der Waals surface area contributed by atoms with Gasteiger partial charge in [0, 0.05) is 23.4 Å². The normalized spacial score (nSPS) is 39.9. The van der Waals surface area contributed by atoms with Crippen LogP contribution in [0.3, 0.4) is 0 Å². The van der Waals surface area contributed by atoms with Gasteiger partial charge in [0.15, 0.2) is 0 Å². The lowest BCUT2D eigenvalue weighted by atomic mass is 9.97. The highest BCUT2D eigenvalue weighted by Gasteiger charge is 2.45. The Hall–Kier alpha value is -0.240. The first-order chi connectivity index (χ1) is 7.66. The summed E-state index contributed by atoms with van der Waals surface area (Å²) in [5.74, 6) is 1.36. The van der Waals surface area contributed by atoms with Crippen LogP contribution < -0.4 is 0 Å². The third kappa shape index (κ3) is 1.75. The van der Waals surface area contributed by atoms with E-state index in [0.29, 0.717) is 29.3 Å². The van der Waals surface area contributed by atoms with E-state index in [1.807, 2.05) is 0 Å². The summed E-state index contributed by atoms with van der Waals surface area (Å²) in [6.45, 7) is 2.12. The summed E-state index contributed by atoms with van der Waals surface area (Å²) < 4.78 is 0. The Labute approximate surface area is 102 Å². The van der Waals surface area contributed by atoms with Gasteiger partial charge in [-0.2, -0.15) is 0 Å². The molecule has 2 saturated heterocycles. The van der Waals surface area contributed by atoms with E-state index in [0.717, 1.165) is 12.8 Å². The van der Waals surface area contributed by atoms with Crippen LogP contribution in [0.1, 0.15) is 45.4 Å². The van der Waals surface area contributed by atoms with Crippen molar-refractivity contribution >= 4 is 17.5 Å². The second kappa shape index (κ2) is 3.90. The first kappa shape index (κ1) is 10.9. The van der Waals surface area contributed by atoms with E-state index in [4.69, 9.17) is 11.6 Å². The molecule has 2 aliphatic heterocycles. The van der Waals surface area contributed by atoms with Crippen molar-refractivity contribution in [3.05, 3.63) is 0 Å². The van der Waals surface area contributed by atoms with Crippen LogP contribution in [0.15, 0.2) is 0 Å². The summed E-state index contributed by atoms with van der Waals surface area (Å²) in [6.07, 6.45) is 6.90. The number of carbonyl (C=O) groups is 1. The molecule has 1 saturated carbocycles. The van der Waals surface area contributed by atoms with Crippen molar-refractivity contribution in [2.24, 2.45) is 11.8 Å². The van der Waals surface area contributed by atoms with Crippen LogP contribution in [-0.2, 0) is 4.79 Å². The standard InChI is InChI=1S/C13H20ClNO/c1-8(9-2-3-9)13(16)15-11-4-5-12(15)7-10(14)6-11/h8-12H,2-7H2,1H3. The van der Waals surface area contributed by atoms with E-state index < -0.39 is 0 Å². The van der Waals surface area contributed by atoms with Gasteiger partial charge in [0.25, 0.3) is 0 Å². The number of rotatable bonds is 2. The summed E-state index contributed by atoms with van der Waals surface area (Å²) >= 11 is 6.23. The maximum absolute atomic E-state index is 12.4. The number of alkyl halides is 1. The van der Waals surface area contributed by atoms with Gasteiger partial charge in [0.1, 0.15) is 0 Å². The fraction of sp³-hybridized carbons (Fsp3) is 0.923. The van der Waals surface area contributed by atoms with Crippen molar-refractivity contribution in [1.29, 1.82) is 0 Å². The van der Waals surface area contributed by atoms with Crippen LogP contribution >= 0.6 is 11.6 Å². The fourth-order valence-electron chi connectivity index (χ4n) is 3.50. The molecule has 2 nitrogen and oxygen atoms in total. The molecular formula is C13H20ClNO. The Morgan fingerprint density at radius 3 is 2.25 bits per heavy atom. The van der Waals surface area contributed by atoms with Crippen LogP contribution in [0.4, 0.5) is 0 Å². The minimum absolute atomic E-state index is 0.259. The Balaban J connectivity index is 1.72. The highest BCUT2D eigenvalue weighted by Crippen LogP contribution is 2.42. The Morgan fingerprint density at radius 1 is 1.19 bits per heavy atom. The molecule has 3 unspecified atom stereocenters. The number of hydrogen-bond donors (Lipinski definition) is 0. The number of fused-ring (bicyclic) bond motifs is 2. The molecule has 1 aliphatic carbocycles. The number of amides is 1. The average molecular weight is 242 g/mol. The van der Waals surface area contributed by atoms with Gasteiger partial charge in [-0.05, 0) is 44.4 Å². The topological polar surface area (TPSA) is 20.3 Å². The molecule has 0 radical (unpaired) electrons. The average Bonchev–Trinajstić information content (AvgIpc) is 3.04. The zero-order valence-electron chi connectivity index (χ0n) is 9.86. The molecule has 3 heteroatoms. The highest BCUT2D eigenvalue weighted by molar-refractivity contribution is 6.20. The van der Waals surface area contributed by atoms with Crippen LogP contribution in [-0.4, -0.2) is 28.3 Å². The Morgan fingerprint density at radius 2 is 1.75 bits per heavy atom. The molecule has 3 atom stereocenters. The Kier molecular flexibility index (Phi) is 2.66. The molecule has 0 aromatic rings. The largest absolute Gasteiger partial charge is 0.336 e. The van der Waals surface area contributed by atoms with Gasteiger partial charge in [-0.15, -0.1) is 11.6 Å². The molecule has 0 N–H and O–H groups in total. The molecule has 3 rings (SSSR count). The molecule has 16 heavy (non-hydrogen) atoms. The van der Waals surface area contributed by atoms with Crippen LogP contribution in [0.2, 0.25) is 0 Å². The molecule has 3 fully saturated rings. The minimum Gasteiger partial charge on any atom is -0.336 e. The summed E-state index contributed by atoms with van der Waals surface area (Å²) in [4.78, 5) is 14.6. The number of halogens is 1. The van der Waals surface area contributed by atoms with Gasteiger partial charge >= 0.3 is 0 Å². The van der Waals surface area contributed by atoms with Crippen LogP contribution in [0, 0.1) is 11.8 Å². The summed E-state index contributed by atoms with van der Waals surface area (Å²) in [5.41, 5.74) is 0. The van der Waals surface area contributed by atoms with E-state index in [-0.39, 0.29) is 5.92 Å². The minimum atomic E-state index is 0.259. The van der Waals surface area contributed by atoms with Gasteiger partial charge in [-0.3, -0.25) is 4.79 Å². The van der Waals surface area contributed by atoms with E-state index in [9.17, 15) is 4.79 Å². The van der Waals surface area contributed by atoms with Gasteiger partial charge < -0.3 is 4.90 Å². The van der Waals surface area contributed by atoms with E-state index >= 15 is 0 Å². The number of nitrogens with zero attached hydrogens (tertiary/aromatic N) is 1. The number of hydrogen-bond acceptors (Lipinski definition) is 1. The maximum Gasteiger partial charge on any atom is 0.226 e. The third-order valence-corrected chi connectivity index (χ3v) is 5.01. The predicted octanol–water partition coefficient (Wildman–Crippen LogP) is 2.79. The quantitative estimate of drug-likeness (QED) is 0.681. The lowest BCUT2D eigenvalue weighted by Gasteiger charge is -2.38.